The van der Waals surface area contributed by atoms with Gasteiger partial charge in [0.05, 0.1) is 0 Å². The first-order chi connectivity index (χ1) is 9.24. The van der Waals surface area contributed by atoms with E-state index in [4.69, 9.17) is 16.3 Å². The molecule has 2 N–H and O–H groups in total. The minimum atomic E-state index is -0.640. The van der Waals surface area contributed by atoms with Crippen molar-refractivity contribution in [3.63, 3.8) is 0 Å². The number of alkyl carbamates (subject to hydrolysis) is 1. The Hall–Kier alpha value is -1.75. The number of carbonyl (C=O) groups excluding carboxylic acids is 2. The zero-order valence-corrected chi connectivity index (χ0v) is 12.4. The van der Waals surface area contributed by atoms with E-state index in [-0.39, 0.29) is 5.91 Å². The molecule has 0 saturated carbocycles. The molecule has 0 spiro atoms. The van der Waals surface area contributed by atoms with Crippen LogP contribution in [0.25, 0.3) is 0 Å². The number of hydrogen-bond acceptors (Lipinski definition) is 3. The molecule has 1 heterocycles. The molecule has 5 nitrogen and oxygen atoms in total. The third-order valence-corrected chi connectivity index (χ3v) is 3.00. The lowest BCUT2D eigenvalue weighted by Crippen LogP contribution is -2.49. The third kappa shape index (κ3) is 3.63. The van der Waals surface area contributed by atoms with Crippen LogP contribution in [0.1, 0.15) is 26.3 Å². The summed E-state index contributed by atoms with van der Waals surface area (Å²) in [5.41, 5.74) is 1.01. The largest absolute Gasteiger partial charge is 0.444 e. The fourth-order valence-electron chi connectivity index (χ4n) is 1.94. The Labute approximate surface area is 122 Å². The summed E-state index contributed by atoms with van der Waals surface area (Å²) < 4.78 is 5.14. The van der Waals surface area contributed by atoms with Gasteiger partial charge in [-0.25, -0.2) is 4.79 Å². The lowest BCUT2D eigenvalue weighted by molar-refractivity contribution is -0.118. The zero-order valence-electron chi connectivity index (χ0n) is 11.6. The van der Waals surface area contributed by atoms with Gasteiger partial charge < -0.3 is 15.4 Å². The average Bonchev–Trinajstić information content (AvgIpc) is 2.28. The Morgan fingerprint density at radius 1 is 1.45 bits per heavy atom. The van der Waals surface area contributed by atoms with Crippen molar-refractivity contribution in [3.05, 3.63) is 28.8 Å². The molecule has 1 aliphatic rings. The van der Waals surface area contributed by atoms with Crippen LogP contribution in [0.2, 0.25) is 5.02 Å². The lowest BCUT2D eigenvalue weighted by atomic mass is 9.99. The van der Waals surface area contributed by atoms with Gasteiger partial charge in [0.25, 0.3) is 0 Å². The molecule has 1 atom stereocenters. The summed E-state index contributed by atoms with van der Waals surface area (Å²) in [6.45, 7) is 5.31. The highest BCUT2D eigenvalue weighted by Crippen LogP contribution is 2.26. The van der Waals surface area contributed by atoms with Crippen molar-refractivity contribution in [3.8, 4) is 0 Å². The normalized spacial score (nSPS) is 18.0. The van der Waals surface area contributed by atoms with Gasteiger partial charge in [-0.3, -0.25) is 4.79 Å². The monoisotopic (exact) mass is 296 g/mol. The maximum absolute atomic E-state index is 11.9. The number of benzene rings is 1. The van der Waals surface area contributed by atoms with Crippen LogP contribution < -0.4 is 10.6 Å². The van der Waals surface area contributed by atoms with E-state index in [1.807, 2.05) is 6.07 Å². The molecule has 0 unspecified atom stereocenters. The molecular formula is C14H17ClN2O3. The molecule has 1 aromatic carbocycles. The van der Waals surface area contributed by atoms with Crippen LogP contribution in [-0.2, 0) is 16.0 Å². The summed E-state index contributed by atoms with van der Waals surface area (Å²) in [6, 6.07) is 4.64. The van der Waals surface area contributed by atoms with Gasteiger partial charge in [0.2, 0.25) is 5.91 Å². The fraction of sp³-hybridized carbons (Fsp3) is 0.429. The second-order valence-corrected chi connectivity index (χ2v) is 6.13. The number of carbonyl (C=O) groups is 2. The molecule has 108 valence electrons. The molecule has 0 saturated heterocycles. The maximum Gasteiger partial charge on any atom is 0.408 e. The molecule has 1 aliphatic heterocycles. The minimum absolute atomic E-state index is 0.273. The van der Waals surface area contributed by atoms with Crippen LogP contribution >= 0.6 is 11.6 Å². The molecule has 0 bridgehead atoms. The molecule has 2 rings (SSSR count). The van der Waals surface area contributed by atoms with Gasteiger partial charge in [0, 0.05) is 17.1 Å². The topological polar surface area (TPSA) is 67.4 Å². The molecule has 0 aliphatic carbocycles. The number of nitrogens with one attached hydrogen (secondary N) is 2. The Balaban J connectivity index is 2.06. The van der Waals surface area contributed by atoms with Gasteiger partial charge in [0.1, 0.15) is 11.6 Å². The molecule has 6 heteroatoms. The van der Waals surface area contributed by atoms with Crippen LogP contribution in [0.5, 0.6) is 0 Å². The Morgan fingerprint density at radius 3 is 2.80 bits per heavy atom. The third-order valence-electron chi connectivity index (χ3n) is 2.76. The van der Waals surface area contributed by atoms with E-state index in [0.29, 0.717) is 17.1 Å². The van der Waals surface area contributed by atoms with Crippen LogP contribution in [0.15, 0.2) is 18.2 Å². The number of fused-ring (bicyclic) bond motifs is 1. The van der Waals surface area contributed by atoms with Crippen molar-refractivity contribution < 1.29 is 14.3 Å². The van der Waals surface area contributed by atoms with Gasteiger partial charge in [0.15, 0.2) is 0 Å². The number of hydrogen-bond donors (Lipinski definition) is 2. The number of ether oxygens (including phenoxy) is 1. The first kappa shape index (κ1) is 14.7. The van der Waals surface area contributed by atoms with Crippen molar-refractivity contribution in [1.82, 2.24) is 5.32 Å². The smallest absolute Gasteiger partial charge is 0.408 e. The van der Waals surface area contributed by atoms with E-state index in [1.54, 1.807) is 32.9 Å². The summed E-state index contributed by atoms with van der Waals surface area (Å²) in [7, 11) is 0. The van der Waals surface area contributed by atoms with E-state index in [9.17, 15) is 9.59 Å². The van der Waals surface area contributed by atoms with Crippen LogP contribution in [0.4, 0.5) is 10.5 Å². The molecular weight excluding hydrogens is 280 g/mol. The summed E-state index contributed by atoms with van der Waals surface area (Å²) in [5.74, 6) is -0.273. The standard InChI is InChI=1S/C14H17ClN2O3/c1-14(2,3)20-13(19)17-11-6-8-4-5-9(15)7-10(8)16-12(11)18/h4-5,7,11H,6H2,1-3H3,(H,16,18)(H,17,19)/t11-/m1/s1. The summed E-state index contributed by atoms with van der Waals surface area (Å²) in [6.07, 6.45) is -0.188. The highest BCUT2D eigenvalue weighted by molar-refractivity contribution is 6.31. The Bertz CT molecular complexity index is 552. The van der Waals surface area contributed by atoms with Crippen LogP contribution in [0.3, 0.4) is 0 Å². The van der Waals surface area contributed by atoms with Crippen LogP contribution in [0, 0.1) is 0 Å². The predicted molar refractivity (Wildman–Crippen MR) is 76.9 cm³/mol. The first-order valence-electron chi connectivity index (χ1n) is 6.33. The highest BCUT2D eigenvalue weighted by Gasteiger charge is 2.29. The first-order valence-corrected chi connectivity index (χ1v) is 6.71. The molecule has 0 radical (unpaired) electrons. The van der Waals surface area contributed by atoms with E-state index in [1.165, 1.54) is 0 Å². The second-order valence-electron chi connectivity index (χ2n) is 5.69. The average molecular weight is 297 g/mol. The van der Waals surface area contributed by atoms with Crippen molar-refractivity contribution in [2.45, 2.75) is 38.8 Å². The number of rotatable bonds is 1. The van der Waals surface area contributed by atoms with Gasteiger partial charge in [-0.1, -0.05) is 17.7 Å². The molecule has 0 fully saturated rings. The SMILES string of the molecule is CC(C)(C)OC(=O)N[C@@H]1Cc2ccc(Cl)cc2NC1=O. The fourth-order valence-corrected chi connectivity index (χ4v) is 2.11. The van der Waals surface area contributed by atoms with Crippen molar-refractivity contribution >= 4 is 29.3 Å². The maximum atomic E-state index is 11.9. The summed E-state index contributed by atoms with van der Waals surface area (Å²) in [4.78, 5) is 23.6. The van der Waals surface area contributed by atoms with Gasteiger partial charge >= 0.3 is 6.09 Å². The van der Waals surface area contributed by atoms with Crippen molar-refractivity contribution in [1.29, 1.82) is 0 Å². The van der Waals surface area contributed by atoms with E-state index in [0.717, 1.165) is 5.56 Å². The molecule has 2 amide bonds. The Kier molecular flexibility index (Phi) is 3.90. The second kappa shape index (κ2) is 5.32. The van der Waals surface area contributed by atoms with Crippen molar-refractivity contribution in [2.24, 2.45) is 0 Å². The zero-order chi connectivity index (χ0) is 14.9. The lowest BCUT2D eigenvalue weighted by Gasteiger charge is -2.27. The van der Waals surface area contributed by atoms with Gasteiger partial charge in [-0.15, -0.1) is 0 Å². The van der Waals surface area contributed by atoms with E-state index >= 15 is 0 Å². The van der Waals surface area contributed by atoms with E-state index in [2.05, 4.69) is 10.6 Å². The molecule has 20 heavy (non-hydrogen) atoms. The van der Waals surface area contributed by atoms with Crippen LogP contribution in [-0.4, -0.2) is 23.6 Å². The highest BCUT2D eigenvalue weighted by atomic mass is 35.5. The quantitative estimate of drug-likeness (QED) is 0.837. The van der Waals surface area contributed by atoms with Gasteiger partial charge in [-0.2, -0.15) is 0 Å². The van der Waals surface area contributed by atoms with E-state index < -0.39 is 17.7 Å². The number of amides is 2. The number of halogens is 1. The molecule has 1 aromatic rings. The minimum Gasteiger partial charge on any atom is -0.444 e. The van der Waals surface area contributed by atoms with Crippen molar-refractivity contribution in [2.75, 3.05) is 5.32 Å². The Morgan fingerprint density at radius 2 is 2.15 bits per heavy atom. The number of anilines is 1. The summed E-state index contributed by atoms with van der Waals surface area (Å²) >= 11 is 5.88. The summed E-state index contributed by atoms with van der Waals surface area (Å²) in [5, 5.41) is 5.86. The predicted octanol–water partition coefficient (Wildman–Crippen LogP) is 2.73. The molecule has 0 aromatic heterocycles. The van der Waals surface area contributed by atoms with Gasteiger partial charge in [-0.05, 0) is 38.5 Å².